The van der Waals surface area contributed by atoms with Crippen LogP contribution in [0.5, 0.6) is 0 Å². The van der Waals surface area contributed by atoms with Crippen LogP contribution in [0.3, 0.4) is 0 Å². The van der Waals surface area contributed by atoms with Crippen LogP contribution in [0.4, 0.5) is 0 Å². The zero-order valence-electron chi connectivity index (χ0n) is 16.6. The average molecular weight is 461 g/mol. The summed E-state index contributed by atoms with van der Waals surface area (Å²) < 4.78 is 6.27. The summed E-state index contributed by atoms with van der Waals surface area (Å²) in [6, 6.07) is 0. The van der Waals surface area contributed by atoms with Gasteiger partial charge < -0.3 is 0 Å². The molecule has 0 aromatic heterocycles. The first kappa shape index (κ1) is 24.6. The Balaban J connectivity index is 5.06. The predicted molar refractivity (Wildman–Crippen MR) is 106 cm³/mol. The molecule has 0 rings (SSSR count). The summed E-state index contributed by atoms with van der Waals surface area (Å²) in [6.45, 7) is 8.05. The van der Waals surface area contributed by atoms with Crippen molar-refractivity contribution < 1.29 is 19.8 Å². The molecule has 0 fully saturated rings. The molecule has 0 saturated carbocycles. The summed E-state index contributed by atoms with van der Waals surface area (Å²) in [6.07, 6.45) is 8.21. The Bertz CT molecular complexity index is 398. The number of hydrogen-bond acceptors (Lipinski definition) is 3. The van der Waals surface area contributed by atoms with Crippen LogP contribution in [0.25, 0.3) is 0 Å². The SMILES string of the molecule is CCC[CH2][Sn]([CH]=CC(O)CC(=O)C(C)C(=O)O)([CH2]CCC)[CH2]CCC. The van der Waals surface area contributed by atoms with Gasteiger partial charge in [0.05, 0.1) is 0 Å². The fraction of sp³-hybridized carbons (Fsp3) is 0.800. The number of aliphatic hydroxyl groups excluding tert-OH is 1. The van der Waals surface area contributed by atoms with Gasteiger partial charge in [-0.2, -0.15) is 0 Å². The van der Waals surface area contributed by atoms with Crippen molar-refractivity contribution in [2.75, 3.05) is 0 Å². The zero-order valence-corrected chi connectivity index (χ0v) is 19.4. The normalized spacial score (nSPS) is 14.6. The second kappa shape index (κ2) is 13.8. The Kier molecular flexibility index (Phi) is 13.6. The van der Waals surface area contributed by atoms with Crippen molar-refractivity contribution in [3.8, 4) is 0 Å². The number of carboxylic acids is 1. The van der Waals surface area contributed by atoms with Gasteiger partial charge >= 0.3 is 158 Å². The summed E-state index contributed by atoms with van der Waals surface area (Å²) >= 11 is -2.45. The van der Waals surface area contributed by atoms with Crippen LogP contribution in [-0.2, 0) is 9.59 Å². The molecular weight excluding hydrogens is 423 g/mol. The minimum atomic E-state index is -2.45. The molecule has 4 nitrogen and oxygen atoms in total. The maximum absolute atomic E-state index is 11.9. The average Bonchev–Trinajstić information content (AvgIpc) is 2.59. The van der Waals surface area contributed by atoms with Gasteiger partial charge in [0.15, 0.2) is 0 Å². The number of rotatable bonds is 15. The fourth-order valence-corrected chi connectivity index (χ4v) is 17.5. The van der Waals surface area contributed by atoms with Crippen LogP contribution in [0.1, 0.15) is 72.6 Å². The van der Waals surface area contributed by atoms with Gasteiger partial charge in [-0.1, -0.05) is 0 Å². The number of aliphatic hydroxyl groups is 1. The van der Waals surface area contributed by atoms with Gasteiger partial charge in [-0.05, 0) is 0 Å². The third-order valence-electron chi connectivity index (χ3n) is 5.02. The van der Waals surface area contributed by atoms with Crippen molar-refractivity contribution in [3.63, 3.8) is 0 Å². The van der Waals surface area contributed by atoms with Gasteiger partial charge in [-0.15, -0.1) is 0 Å². The molecule has 0 saturated heterocycles. The van der Waals surface area contributed by atoms with E-state index in [4.69, 9.17) is 5.11 Å². The molecule has 146 valence electrons. The number of aliphatic carboxylic acids is 1. The molecule has 0 aromatic carbocycles. The Labute approximate surface area is 158 Å². The quantitative estimate of drug-likeness (QED) is 0.267. The molecule has 5 heteroatoms. The predicted octanol–water partition coefficient (Wildman–Crippen LogP) is 4.97. The van der Waals surface area contributed by atoms with Crippen molar-refractivity contribution in [3.05, 3.63) is 10.2 Å². The molecule has 2 atom stereocenters. The molecule has 0 heterocycles. The summed E-state index contributed by atoms with van der Waals surface area (Å²) in [5.41, 5.74) is 0. The summed E-state index contributed by atoms with van der Waals surface area (Å²) in [7, 11) is 0. The van der Waals surface area contributed by atoms with Crippen LogP contribution in [0.2, 0.25) is 13.3 Å². The molecule has 0 bridgehead atoms. The Hall–Kier alpha value is -0.361. The number of ketones is 1. The molecule has 25 heavy (non-hydrogen) atoms. The summed E-state index contributed by atoms with van der Waals surface area (Å²) in [5, 5.41) is 19.1. The molecule has 0 spiro atoms. The van der Waals surface area contributed by atoms with Gasteiger partial charge in [-0.3, -0.25) is 0 Å². The first-order chi connectivity index (χ1) is 11.8. The molecule has 0 amide bonds. The summed E-state index contributed by atoms with van der Waals surface area (Å²) in [4.78, 5) is 22.8. The van der Waals surface area contributed by atoms with Gasteiger partial charge in [0.25, 0.3) is 0 Å². The van der Waals surface area contributed by atoms with Crippen LogP contribution in [0.15, 0.2) is 10.2 Å². The topological polar surface area (TPSA) is 74.6 Å². The van der Waals surface area contributed by atoms with E-state index in [1.165, 1.54) is 58.8 Å². The number of hydrogen-bond donors (Lipinski definition) is 2. The number of carbonyl (C=O) groups excluding carboxylic acids is 1. The van der Waals surface area contributed by atoms with Crippen molar-refractivity contribution in [2.24, 2.45) is 5.92 Å². The second-order valence-corrected chi connectivity index (χ2v) is 20.3. The zero-order chi connectivity index (χ0) is 19.3. The number of Topliss-reactive ketones (excluding diaryl/α,β-unsaturated/α-hetero) is 1. The van der Waals surface area contributed by atoms with Crippen LogP contribution < -0.4 is 0 Å². The molecule has 0 aliphatic heterocycles. The third kappa shape index (κ3) is 10.4. The van der Waals surface area contributed by atoms with E-state index in [-0.39, 0.29) is 6.42 Å². The number of carbonyl (C=O) groups is 2. The van der Waals surface area contributed by atoms with E-state index >= 15 is 0 Å². The van der Waals surface area contributed by atoms with E-state index in [9.17, 15) is 14.7 Å². The van der Waals surface area contributed by atoms with Crippen molar-refractivity contribution in [1.82, 2.24) is 0 Å². The van der Waals surface area contributed by atoms with Crippen LogP contribution in [-0.4, -0.2) is 46.4 Å². The molecule has 2 unspecified atom stereocenters. The first-order valence-electron chi connectivity index (χ1n) is 9.94. The third-order valence-corrected chi connectivity index (χ3v) is 19.1. The van der Waals surface area contributed by atoms with E-state index in [1.807, 2.05) is 6.08 Å². The van der Waals surface area contributed by atoms with E-state index in [0.717, 1.165) is 0 Å². The van der Waals surface area contributed by atoms with Crippen molar-refractivity contribution >= 4 is 30.1 Å². The Morgan fingerprint density at radius 3 is 1.76 bits per heavy atom. The minimum absolute atomic E-state index is 0.0960. The van der Waals surface area contributed by atoms with Gasteiger partial charge in [0.2, 0.25) is 0 Å². The number of unbranched alkanes of at least 4 members (excludes halogenated alkanes) is 3. The standard InChI is InChI=1S/C8H11O4.3C4H9.Sn/c1-3-6(9)4-7(10)5(2)8(11)12;3*1-3-4-2;/h1,3,5-6,9H,4H2,2H3,(H,11,12);3*1,3-4H2,2H3;. The molecule has 2 N–H and O–H groups in total. The maximum atomic E-state index is 11.9. The van der Waals surface area contributed by atoms with Gasteiger partial charge in [0.1, 0.15) is 0 Å². The fourth-order valence-electron chi connectivity index (χ4n) is 3.12. The van der Waals surface area contributed by atoms with Crippen LogP contribution in [0, 0.1) is 5.92 Å². The Morgan fingerprint density at radius 1 is 0.960 bits per heavy atom. The van der Waals surface area contributed by atoms with Crippen molar-refractivity contribution in [1.29, 1.82) is 0 Å². The molecule has 0 aliphatic carbocycles. The van der Waals surface area contributed by atoms with Gasteiger partial charge in [-0.25, -0.2) is 0 Å². The van der Waals surface area contributed by atoms with E-state index in [0.29, 0.717) is 0 Å². The molecule has 0 aromatic rings. The van der Waals surface area contributed by atoms with E-state index in [2.05, 4.69) is 24.9 Å². The second-order valence-electron chi connectivity index (χ2n) is 7.33. The first-order valence-corrected chi connectivity index (χ1v) is 17.6. The van der Waals surface area contributed by atoms with E-state index in [1.54, 1.807) is 0 Å². The van der Waals surface area contributed by atoms with E-state index < -0.39 is 42.2 Å². The molecule has 0 aliphatic rings. The van der Waals surface area contributed by atoms with Crippen LogP contribution >= 0.6 is 0 Å². The monoisotopic (exact) mass is 462 g/mol. The molecule has 0 radical (unpaired) electrons. The molecular formula is C20H38O4Sn. The summed E-state index contributed by atoms with van der Waals surface area (Å²) in [5.74, 6) is -2.57. The van der Waals surface area contributed by atoms with Gasteiger partial charge in [0, 0.05) is 0 Å². The number of carboxylic acid groups (broad SMARTS) is 1. The van der Waals surface area contributed by atoms with Crippen molar-refractivity contribution in [2.45, 2.75) is 92.1 Å². The Morgan fingerprint density at radius 2 is 1.40 bits per heavy atom.